The second-order valence-corrected chi connectivity index (χ2v) is 7.91. The predicted molar refractivity (Wildman–Crippen MR) is 113 cm³/mol. The van der Waals surface area contributed by atoms with Crippen molar-refractivity contribution < 1.29 is 13.2 Å². The summed E-state index contributed by atoms with van der Waals surface area (Å²) in [5.74, 6) is 0.614. The average Bonchev–Trinajstić information content (AvgIpc) is 3.13. The number of benzene rings is 3. The van der Waals surface area contributed by atoms with Crippen LogP contribution in [0.1, 0.15) is 0 Å². The number of halogens is 1. The second-order valence-electron chi connectivity index (χ2n) is 6.14. The van der Waals surface area contributed by atoms with Crippen LogP contribution in [0.25, 0.3) is 21.7 Å². The van der Waals surface area contributed by atoms with Crippen LogP contribution in [0, 0.1) is 0 Å². The van der Waals surface area contributed by atoms with Crippen LogP contribution in [-0.2, 0) is 10.0 Å². The van der Waals surface area contributed by atoms with Crippen LogP contribution >= 0.6 is 12.4 Å². The number of nitrogens with one attached hydrogen (secondary N) is 1. The lowest BCUT2D eigenvalue weighted by atomic mass is 10.1. The molecule has 0 spiro atoms. The van der Waals surface area contributed by atoms with Gasteiger partial charge in [-0.25, -0.2) is 0 Å². The zero-order valence-corrected chi connectivity index (χ0v) is 16.8. The van der Waals surface area contributed by atoms with E-state index in [-0.39, 0.29) is 17.3 Å². The Bertz CT molecular complexity index is 1220. The van der Waals surface area contributed by atoms with Gasteiger partial charge in [0.25, 0.3) is 10.0 Å². The molecule has 4 rings (SSSR count). The quantitative estimate of drug-likeness (QED) is 0.486. The van der Waals surface area contributed by atoms with Gasteiger partial charge in [-0.05, 0) is 42.1 Å². The molecule has 1 aromatic heterocycles. The molecular weight excluding hydrogens is 398 g/mol. The zero-order chi connectivity index (χ0) is 18.9. The summed E-state index contributed by atoms with van der Waals surface area (Å²) in [4.78, 5) is 0.202. The van der Waals surface area contributed by atoms with Crippen molar-refractivity contribution >= 4 is 44.1 Å². The third kappa shape index (κ3) is 3.56. The van der Waals surface area contributed by atoms with Crippen molar-refractivity contribution in [2.75, 3.05) is 20.2 Å². The molecule has 0 aliphatic carbocycles. The summed E-state index contributed by atoms with van der Waals surface area (Å²) in [6, 6.07) is 18.0. The molecule has 1 heterocycles. The van der Waals surface area contributed by atoms with E-state index in [1.807, 2.05) is 37.4 Å². The standard InChI is InChI=1S/C20H19N3O3S.ClH/c1-21-11-12-26-20-8-4-7-19-18(20)14-22-23(19)27(24,25)17-10-9-15-5-2-3-6-16(15)13-17;/h2-10,13-14,21H,11-12H2,1H3;1H. The minimum atomic E-state index is -3.82. The SMILES string of the molecule is CNCCOc1cccc2c1cnn2S(=O)(=O)c1ccc2ccccc2c1.Cl. The van der Waals surface area contributed by atoms with Crippen molar-refractivity contribution in [1.29, 1.82) is 0 Å². The van der Waals surface area contributed by atoms with Gasteiger partial charge in [0.2, 0.25) is 0 Å². The molecule has 0 aliphatic heterocycles. The largest absolute Gasteiger partial charge is 0.491 e. The molecule has 146 valence electrons. The van der Waals surface area contributed by atoms with Gasteiger partial charge in [-0.15, -0.1) is 12.4 Å². The first-order chi connectivity index (χ1) is 13.1. The van der Waals surface area contributed by atoms with Gasteiger partial charge in [0.1, 0.15) is 12.4 Å². The molecule has 8 heteroatoms. The molecule has 0 fully saturated rings. The van der Waals surface area contributed by atoms with E-state index in [1.165, 1.54) is 6.20 Å². The highest BCUT2D eigenvalue weighted by atomic mass is 35.5. The van der Waals surface area contributed by atoms with Gasteiger partial charge >= 0.3 is 0 Å². The minimum Gasteiger partial charge on any atom is -0.491 e. The lowest BCUT2D eigenvalue weighted by molar-refractivity contribution is 0.322. The Morgan fingerprint density at radius 1 is 1.04 bits per heavy atom. The van der Waals surface area contributed by atoms with Gasteiger partial charge in [0.15, 0.2) is 0 Å². The summed E-state index contributed by atoms with van der Waals surface area (Å²) in [5, 5.41) is 9.67. The number of nitrogens with zero attached hydrogens (tertiary/aromatic N) is 2. The molecule has 0 bridgehead atoms. The summed E-state index contributed by atoms with van der Waals surface area (Å²) in [7, 11) is -1.97. The molecule has 0 amide bonds. The highest BCUT2D eigenvalue weighted by Crippen LogP contribution is 2.28. The molecule has 3 aromatic carbocycles. The second kappa shape index (κ2) is 8.18. The van der Waals surface area contributed by atoms with Gasteiger partial charge in [0.05, 0.1) is 22.0 Å². The highest BCUT2D eigenvalue weighted by molar-refractivity contribution is 7.90. The zero-order valence-electron chi connectivity index (χ0n) is 15.2. The van der Waals surface area contributed by atoms with Crippen molar-refractivity contribution in [2.45, 2.75) is 4.90 Å². The fourth-order valence-electron chi connectivity index (χ4n) is 3.01. The van der Waals surface area contributed by atoms with Crippen LogP contribution < -0.4 is 10.1 Å². The third-order valence-corrected chi connectivity index (χ3v) is 5.99. The Labute approximate surface area is 169 Å². The Hall–Kier alpha value is -2.61. The van der Waals surface area contributed by atoms with Crippen LogP contribution in [0.5, 0.6) is 5.75 Å². The van der Waals surface area contributed by atoms with Gasteiger partial charge < -0.3 is 10.1 Å². The van der Waals surface area contributed by atoms with Gasteiger partial charge in [-0.2, -0.15) is 17.6 Å². The van der Waals surface area contributed by atoms with E-state index >= 15 is 0 Å². The first-order valence-corrected chi connectivity index (χ1v) is 10.0. The van der Waals surface area contributed by atoms with E-state index in [0.29, 0.717) is 29.8 Å². The molecule has 0 unspecified atom stereocenters. The molecule has 0 saturated heterocycles. The van der Waals surface area contributed by atoms with Crippen molar-refractivity contribution in [3.8, 4) is 5.75 Å². The molecule has 0 atom stereocenters. The summed E-state index contributed by atoms with van der Waals surface area (Å²) in [5.41, 5.74) is 0.491. The van der Waals surface area contributed by atoms with Crippen LogP contribution in [0.2, 0.25) is 0 Å². The van der Waals surface area contributed by atoms with Crippen LogP contribution in [0.3, 0.4) is 0 Å². The first kappa shape index (κ1) is 20.1. The monoisotopic (exact) mass is 417 g/mol. The Morgan fingerprint density at radius 2 is 1.82 bits per heavy atom. The summed E-state index contributed by atoms with van der Waals surface area (Å²) >= 11 is 0. The molecule has 0 aliphatic rings. The number of aromatic nitrogens is 2. The topological polar surface area (TPSA) is 73.2 Å². The first-order valence-electron chi connectivity index (χ1n) is 8.60. The van der Waals surface area contributed by atoms with E-state index in [0.717, 1.165) is 14.9 Å². The van der Waals surface area contributed by atoms with E-state index in [9.17, 15) is 8.42 Å². The Kier molecular flexibility index (Phi) is 5.88. The van der Waals surface area contributed by atoms with Gasteiger partial charge in [-0.3, -0.25) is 0 Å². The fraction of sp³-hybridized carbons (Fsp3) is 0.150. The normalized spacial score (nSPS) is 11.5. The van der Waals surface area contributed by atoms with E-state index < -0.39 is 10.0 Å². The highest BCUT2D eigenvalue weighted by Gasteiger charge is 2.21. The van der Waals surface area contributed by atoms with Crippen molar-refractivity contribution in [3.05, 3.63) is 66.9 Å². The average molecular weight is 418 g/mol. The molecule has 6 nitrogen and oxygen atoms in total. The van der Waals surface area contributed by atoms with Crippen molar-refractivity contribution in [3.63, 3.8) is 0 Å². The minimum absolute atomic E-state index is 0. The number of hydrogen-bond donors (Lipinski definition) is 1. The molecular formula is C20H20ClN3O3S. The smallest absolute Gasteiger partial charge is 0.283 e. The van der Waals surface area contributed by atoms with E-state index in [1.54, 1.807) is 30.3 Å². The molecule has 1 N–H and O–H groups in total. The van der Waals surface area contributed by atoms with Crippen molar-refractivity contribution in [1.82, 2.24) is 14.5 Å². The van der Waals surface area contributed by atoms with Gasteiger partial charge in [-0.1, -0.05) is 36.4 Å². The number of ether oxygens (including phenoxy) is 1. The Balaban J connectivity index is 0.00000225. The number of likely N-dealkylation sites (N-methyl/N-ethyl adjacent to an activating group) is 1. The lowest BCUT2D eigenvalue weighted by Crippen LogP contribution is -2.16. The number of fused-ring (bicyclic) bond motifs is 2. The molecule has 0 radical (unpaired) electrons. The number of hydrogen-bond acceptors (Lipinski definition) is 5. The summed E-state index contributed by atoms with van der Waals surface area (Å²) in [6.07, 6.45) is 1.53. The Morgan fingerprint density at radius 3 is 2.61 bits per heavy atom. The van der Waals surface area contributed by atoms with Crippen molar-refractivity contribution in [2.24, 2.45) is 0 Å². The van der Waals surface area contributed by atoms with E-state index in [2.05, 4.69) is 10.4 Å². The lowest BCUT2D eigenvalue weighted by Gasteiger charge is -2.09. The van der Waals surface area contributed by atoms with Crippen LogP contribution in [0.15, 0.2) is 71.8 Å². The molecule has 28 heavy (non-hydrogen) atoms. The maximum atomic E-state index is 13.2. The third-order valence-electron chi connectivity index (χ3n) is 4.40. The maximum absolute atomic E-state index is 13.2. The van der Waals surface area contributed by atoms with Crippen LogP contribution in [0.4, 0.5) is 0 Å². The molecule has 0 saturated carbocycles. The predicted octanol–water partition coefficient (Wildman–Crippen LogP) is 3.45. The summed E-state index contributed by atoms with van der Waals surface area (Å²) in [6.45, 7) is 1.18. The van der Waals surface area contributed by atoms with Crippen LogP contribution in [-0.4, -0.2) is 37.8 Å². The molecule has 4 aromatic rings. The van der Waals surface area contributed by atoms with Gasteiger partial charge in [0, 0.05) is 6.54 Å². The summed E-state index contributed by atoms with van der Waals surface area (Å²) < 4.78 is 33.2. The number of rotatable bonds is 6. The fourth-order valence-corrected chi connectivity index (χ4v) is 4.31. The van der Waals surface area contributed by atoms with E-state index in [4.69, 9.17) is 4.74 Å². The maximum Gasteiger partial charge on any atom is 0.283 e.